The van der Waals surface area contributed by atoms with Crippen LogP contribution in [0.3, 0.4) is 0 Å². The average molecular weight is 292 g/mol. The van der Waals surface area contributed by atoms with Gasteiger partial charge in [-0.05, 0) is 32.0 Å². The number of nitrogens with zero attached hydrogens (tertiary/aromatic N) is 1. The van der Waals surface area contributed by atoms with E-state index in [1.54, 1.807) is 29.1 Å². The second-order valence-corrected chi connectivity index (χ2v) is 6.08. The molecule has 20 heavy (non-hydrogen) atoms. The van der Waals surface area contributed by atoms with Gasteiger partial charge in [0.1, 0.15) is 0 Å². The van der Waals surface area contributed by atoms with Crippen LogP contribution in [0.1, 0.15) is 22.7 Å². The first kappa shape index (κ1) is 14.8. The molecule has 2 aromatic rings. The smallest absolute Gasteiger partial charge is 0.250 e. The minimum absolute atomic E-state index is 0.00720. The number of methoxy groups -OCH3 is 1. The standard InChI is InChI=1S/C15H20N2O2S/c1-11-4-6-14(20-11)12(2)16-13-5-7-15(18)17(10-13)8-9-19-3/h4-7,10,12,16H,8-9H2,1-3H3. The van der Waals surface area contributed by atoms with E-state index in [1.165, 1.54) is 9.75 Å². The zero-order chi connectivity index (χ0) is 14.5. The molecule has 0 amide bonds. The number of pyridine rings is 1. The molecule has 0 aliphatic carbocycles. The Morgan fingerprint density at radius 1 is 1.35 bits per heavy atom. The van der Waals surface area contributed by atoms with Crippen LogP contribution in [0.5, 0.6) is 0 Å². The summed E-state index contributed by atoms with van der Waals surface area (Å²) in [6.07, 6.45) is 1.85. The Morgan fingerprint density at radius 2 is 2.15 bits per heavy atom. The van der Waals surface area contributed by atoms with Crippen LogP contribution in [-0.4, -0.2) is 18.3 Å². The van der Waals surface area contributed by atoms with Gasteiger partial charge in [0.15, 0.2) is 0 Å². The number of hydrogen-bond acceptors (Lipinski definition) is 4. The fourth-order valence-electron chi connectivity index (χ4n) is 1.99. The number of nitrogens with one attached hydrogen (secondary N) is 1. The lowest BCUT2D eigenvalue weighted by molar-refractivity contribution is 0.186. The highest BCUT2D eigenvalue weighted by Crippen LogP contribution is 2.25. The van der Waals surface area contributed by atoms with E-state index in [1.807, 2.05) is 12.3 Å². The van der Waals surface area contributed by atoms with Crippen molar-refractivity contribution in [3.8, 4) is 0 Å². The van der Waals surface area contributed by atoms with Gasteiger partial charge in [0.2, 0.25) is 0 Å². The van der Waals surface area contributed by atoms with E-state index in [2.05, 4.69) is 31.3 Å². The van der Waals surface area contributed by atoms with Gasteiger partial charge in [0.25, 0.3) is 5.56 Å². The number of ether oxygens (including phenoxy) is 1. The lowest BCUT2D eigenvalue weighted by Crippen LogP contribution is -2.21. The highest BCUT2D eigenvalue weighted by molar-refractivity contribution is 7.12. The summed E-state index contributed by atoms with van der Waals surface area (Å²) in [6, 6.07) is 7.89. The van der Waals surface area contributed by atoms with Gasteiger partial charge in [0.05, 0.1) is 18.3 Å². The Balaban J connectivity index is 2.11. The van der Waals surface area contributed by atoms with E-state index in [4.69, 9.17) is 4.74 Å². The molecule has 108 valence electrons. The van der Waals surface area contributed by atoms with Gasteiger partial charge in [-0.1, -0.05) is 0 Å². The van der Waals surface area contributed by atoms with Crippen molar-refractivity contribution < 1.29 is 4.74 Å². The highest BCUT2D eigenvalue weighted by atomic mass is 32.1. The number of aromatic nitrogens is 1. The molecular weight excluding hydrogens is 272 g/mol. The van der Waals surface area contributed by atoms with E-state index >= 15 is 0 Å². The van der Waals surface area contributed by atoms with Gasteiger partial charge < -0.3 is 14.6 Å². The highest BCUT2D eigenvalue weighted by Gasteiger charge is 2.08. The fourth-order valence-corrected chi connectivity index (χ4v) is 2.87. The third-order valence-corrected chi connectivity index (χ3v) is 4.27. The van der Waals surface area contributed by atoms with Crippen molar-refractivity contribution in [3.63, 3.8) is 0 Å². The molecule has 2 aromatic heterocycles. The summed E-state index contributed by atoms with van der Waals surface area (Å²) >= 11 is 1.79. The lowest BCUT2D eigenvalue weighted by atomic mass is 10.2. The Labute approximate surface area is 123 Å². The molecule has 2 heterocycles. The van der Waals surface area contributed by atoms with Crippen LogP contribution in [-0.2, 0) is 11.3 Å². The monoisotopic (exact) mass is 292 g/mol. The maximum absolute atomic E-state index is 11.7. The Kier molecular flexibility index (Phi) is 4.98. The molecule has 0 aliphatic heterocycles. The zero-order valence-electron chi connectivity index (χ0n) is 12.1. The van der Waals surface area contributed by atoms with Crippen LogP contribution in [0.4, 0.5) is 5.69 Å². The van der Waals surface area contributed by atoms with E-state index in [-0.39, 0.29) is 11.6 Å². The number of hydrogen-bond donors (Lipinski definition) is 1. The third kappa shape index (κ3) is 3.71. The second kappa shape index (κ2) is 6.72. The van der Waals surface area contributed by atoms with E-state index in [9.17, 15) is 4.79 Å². The molecule has 4 nitrogen and oxygen atoms in total. The molecule has 2 rings (SSSR count). The van der Waals surface area contributed by atoms with Gasteiger partial charge in [-0.3, -0.25) is 4.79 Å². The van der Waals surface area contributed by atoms with Crippen LogP contribution < -0.4 is 10.9 Å². The molecule has 0 aromatic carbocycles. The minimum atomic E-state index is -0.00720. The lowest BCUT2D eigenvalue weighted by Gasteiger charge is -2.15. The van der Waals surface area contributed by atoms with Crippen molar-refractivity contribution in [2.24, 2.45) is 0 Å². The van der Waals surface area contributed by atoms with Crippen LogP contribution in [0.25, 0.3) is 0 Å². The summed E-state index contributed by atoms with van der Waals surface area (Å²) in [6.45, 7) is 5.32. The third-order valence-electron chi connectivity index (χ3n) is 3.09. The van der Waals surface area contributed by atoms with Crippen LogP contribution >= 0.6 is 11.3 Å². The van der Waals surface area contributed by atoms with Crippen LogP contribution in [0.2, 0.25) is 0 Å². The summed E-state index contributed by atoms with van der Waals surface area (Å²) in [5, 5.41) is 3.43. The number of thiophene rings is 1. The topological polar surface area (TPSA) is 43.3 Å². The Bertz CT molecular complexity index is 618. The average Bonchev–Trinajstić information content (AvgIpc) is 2.86. The molecule has 0 fully saturated rings. The van der Waals surface area contributed by atoms with Gasteiger partial charge in [-0.15, -0.1) is 11.3 Å². The summed E-state index contributed by atoms with van der Waals surface area (Å²) in [7, 11) is 1.63. The van der Waals surface area contributed by atoms with Gasteiger partial charge in [-0.2, -0.15) is 0 Å². The summed E-state index contributed by atoms with van der Waals surface area (Å²) < 4.78 is 6.68. The Hall–Kier alpha value is -1.59. The van der Waals surface area contributed by atoms with E-state index in [0.29, 0.717) is 13.2 Å². The first-order chi connectivity index (χ1) is 9.60. The van der Waals surface area contributed by atoms with Crippen molar-refractivity contribution >= 4 is 17.0 Å². The van der Waals surface area contributed by atoms with Gasteiger partial charge in [0, 0.05) is 35.7 Å². The number of anilines is 1. The van der Waals surface area contributed by atoms with Crippen LogP contribution in [0, 0.1) is 6.92 Å². The maximum Gasteiger partial charge on any atom is 0.250 e. The van der Waals surface area contributed by atoms with Crippen molar-refractivity contribution in [1.29, 1.82) is 0 Å². The molecule has 1 atom stereocenters. The van der Waals surface area contributed by atoms with Crippen molar-refractivity contribution in [3.05, 3.63) is 50.6 Å². The molecule has 0 saturated heterocycles. The van der Waals surface area contributed by atoms with Crippen molar-refractivity contribution in [1.82, 2.24) is 4.57 Å². The molecule has 1 N–H and O–H groups in total. The van der Waals surface area contributed by atoms with E-state index in [0.717, 1.165) is 5.69 Å². The molecule has 0 spiro atoms. The molecule has 0 aliphatic rings. The second-order valence-electron chi connectivity index (χ2n) is 4.76. The normalized spacial score (nSPS) is 12.3. The molecular formula is C15H20N2O2S. The quantitative estimate of drug-likeness (QED) is 0.890. The van der Waals surface area contributed by atoms with Crippen LogP contribution in [0.15, 0.2) is 35.3 Å². The molecule has 0 bridgehead atoms. The predicted molar refractivity (Wildman–Crippen MR) is 83.7 cm³/mol. The van der Waals surface area contributed by atoms with Gasteiger partial charge >= 0.3 is 0 Å². The molecule has 1 unspecified atom stereocenters. The first-order valence-corrected chi connectivity index (χ1v) is 7.44. The Morgan fingerprint density at radius 3 is 2.80 bits per heavy atom. The molecule has 0 saturated carbocycles. The predicted octanol–water partition coefficient (Wildman–Crippen LogP) is 3.04. The minimum Gasteiger partial charge on any atom is -0.383 e. The first-order valence-electron chi connectivity index (χ1n) is 6.62. The summed E-state index contributed by atoms with van der Waals surface area (Å²) in [5.74, 6) is 0. The largest absolute Gasteiger partial charge is 0.383 e. The fraction of sp³-hybridized carbons (Fsp3) is 0.400. The van der Waals surface area contributed by atoms with Gasteiger partial charge in [-0.25, -0.2) is 0 Å². The maximum atomic E-state index is 11.7. The summed E-state index contributed by atoms with van der Waals surface area (Å²) in [4.78, 5) is 14.3. The number of aryl methyl sites for hydroxylation is 1. The zero-order valence-corrected chi connectivity index (χ0v) is 12.9. The van der Waals surface area contributed by atoms with E-state index < -0.39 is 0 Å². The molecule has 5 heteroatoms. The number of rotatable bonds is 6. The van der Waals surface area contributed by atoms with Crippen molar-refractivity contribution in [2.75, 3.05) is 19.0 Å². The summed E-state index contributed by atoms with van der Waals surface area (Å²) in [5.41, 5.74) is 0.937. The molecule has 0 radical (unpaired) electrons. The van der Waals surface area contributed by atoms with Crippen molar-refractivity contribution in [2.45, 2.75) is 26.4 Å². The SMILES string of the molecule is COCCn1cc(NC(C)c2ccc(C)s2)ccc1=O.